The van der Waals surface area contributed by atoms with Crippen molar-refractivity contribution in [3.05, 3.63) is 53.1 Å². The van der Waals surface area contributed by atoms with Crippen LogP contribution >= 0.6 is 0 Å². The normalized spacial score (nSPS) is 14.2. The topological polar surface area (TPSA) is 73.9 Å². The Morgan fingerprint density at radius 2 is 1.76 bits per heavy atom. The van der Waals surface area contributed by atoms with Crippen LogP contribution in [0.15, 0.2) is 36.4 Å². The van der Waals surface area contributed by atoms with Gasteiger partial charge in [0.15, 0.2) is 17.3 Å². The number of hydrogen-bond donors (Lipinski definition) is 1. The molecule has 1 N–H and O–H groups in total. The molecule has 1 aliphatic carbocycles. The highest BCUT2D eigenvalue weighted by molar-refractivity contribution is 5.98. The van der Waals surface area contributed by atoms with Crippen molar-refractivity contribution in [1.82, 2.24) is 5.32 Å². The SMILES string of the molecule is O=C(CCC(=O)c1ccc2c(c1)CCCC2)NCCOc1ccc2c(c1)OCO2. The summed E-state index contributed by atoms with van der Waals surface area (Å²) in [6.07, 6.45) is 4.94. The molecule has 0 fully saturated rings. The second kappa shape index (κ2) is 8.99. The van der Waals surface area contributed by atoms with Crippen molar-refractivity contribution in [2.45, 2.75) is 38.5 Å². The molecule has 0 saturated carbocycles. The molecule has 0 bridgehead atoms. The number of ether oxygens (including phenoxy) is 3. The lowest BCUT2D eigenvalue weighted by atomic mass is 9.89. The summed E-state index contributed by atoms with van der Waals surface area (Å²) < 4.78 is 16.2. The predicted octanol–water partition coefficient (Wildman–Crippen LogP) is 3.45. The third kappa shape index (κ3) is 4.88. The van der Waals surface area contributed by atoms with Crippen LogP contribution in [0.5, 0.6) is 17.2 Å². The summed E-state index contributed by atoms with van der Waals surface area (Å²) in [4.78, 5) is 24.4. The van der Waals surface area contributed by atoms with E-state index in [4.69, 9.17) is 14.2 Å². The molecule has 1 amide bonds. The predicted molar refractivity (Wildman–Crippen MR) is 108 cm³/mol. The number of rotatable bonds is 8. The van der Waals surface area contributed by atoms with Crippen molar-refractivity contribution in [2.75, 3.05) is 19.9 Å². The Balaban J connectivity index is 1.17. The van der Waals surface area contributed by atoms with E-state index in [1.54, 1.807) is 18.2 Å². The average Bonchev–Trinajstić information content (AvgIpc) is 3.22. The molecular formula is C23H25NO5. The van der Waals surface area contributed by atoms with E-state index < -0.39 is 0 Å². The highest BCUT2D eigenvalue weighted by Crippen LogP contribution is 2.35. The minimum absolute atomic E-state index is 0.0186. The van der Waals surface area contributed by atoms with Crippen LogP contribution in [0.4, 0.5) is 0 Å². The zero-order valence-electron chi connectivity index (χ0n) is 16.4. The van der Waals surface area contributed by atoms with Gasteiger partial charge in [-0.1, -0.05) is 12.1 Å². The molecule has 2 aromatic rings. The van der Waals surface area contributed by atoms with E-state index in [-0.39, 0.29) is 31.3 Å². The molecule has 6 heteroatoms. The molecule has 0 aromatic heterocycles. The number of aryl methyl sites for hydroxylation is 2. The summed E-state index contributed by atoms with van der Waals surface area (Å²) in [6, 6.07) is 11.3. The van der Waals surface area contributed by atoms with Gasteiger partial charge in [-0.3, -0.25) is 9.59 Å². The van der Waals surface area contributed by atoms with Gasteiger partial charge in [-0.2, -0.15) is 0 Å². The smallest absolute Gasteiger partial charge is 0.231 e. The number of nitrogens with one attached hydrogen (secondary N) is 1. The Hall–Kier alpha value is -3.02. The zero-order chi connectivity index (χ0) is 20.1. The van der Waals surface area contributed by atoms with Crippen LogP contribution in [0, 0.1) is 0 Å². The lowest BCUT2D eigenvalue weighted by Gasteiger charge is -2.16. The van der Waals surface area contributed by atoms with Gasteiger partial charge in [0.1, 0.15) is 12.4 Å². The Kier molecular flexibility index (Phi) is 5.98. The molecule has 6 nitrogen and oxygen atoms in total. The van der Waals surface area contributed by atoms with Crippen LogP contribution < -0.4 is 19.5 Å². The molecule has 0 saturated heterocycles. The summed E-state index contributed by atoms with van der Waals surface area (Å²) >= 11 is 0. The fourth-order valence-electron chi connectivity index (χ4n) is 3.69. The van der Waals surface area contributed by atoms with Crippen molar-refractivity contribution in [3.63, 3.8) is 0 Å². The Labute approximate surface area is 170 Å². The van der Waals surface area contributed by atoms with Gasteiger partial charge in [0.25, 0.3) is 0 Å². The van der Waals surface area contributed by atoms with Crippen LogP contribution in [0.25, 0.3) is 0 Å². The van der Waals surface area contributed by atoms with Crippen LogP contribution in [0.1, 0.15) is 47.2 Å². The largest absolute Gasteiger partial charge is 0.492 e. The molecule has 4 rings (SSSR count). The molecule has 0 atom stereocenters. The molecule has 0 radical (unpaired) electrons. The molecule has 0 unspecified atom stereocenters. The van der Waals surface area contributed by atoms with Crippen LogP contribution in [0.3, 0.4) is 0 Å². The van der Waals surface area contributed by atoms with Crippen molar-refractivity contribution in [1.29, 1.82) is 0 Å². The Morgan fingerprint density at radius 1 is 0.931 bits per heavy atom. The lowest BCUT2D eigenvalue weighted by Crippen LogP contribution is -2.28. The molecule has 1 aliphatic heterocycles. The number of benzene rings is 2. The summed E-state index contributed by atoms with van der Waals surface area (Å²) in [5.41, 5.74) is 3.35. The van der Waals surface area contributed by atoms with Crippen LogP contribution in [-0.2, 0) is 17.6 Å². The number of Topliss-reactive ketones (excluding diaryl/α,β-unsaturated/α-hetero) is 1. The van der Waals surface area contributed by atoms with E-state index in [9.17, 15) is 9.59 Å². The number of hydrogen-bond acceptors (Lipinski definition) is 5. The fourth-order valence-corrected chi connectivity index (χ4v) is 3.69. The molecule has 0 spiro atoms. The van der Waals surface area contributed by atoms with Gasteiger partial charge in [0.05, 0.1) is 6.54 Å². The van der Waals surface area contributed by atoms with Gasteiger partial charge in [0, 0.05) is 24.5 Å². The van der Waals surface area contributed by atoms with Crippen LogP contribution in [-0.4, -0.2) is 31.6 Å². The maximum absolute atomic E-state index is 12.4. The van der Waals surface area contributed by atoms with Gasteiger partial charge in [-0.25, -0.2) is 0 Å². The summed E-state index contributed by atoms with van der Waals surface area (Å²) in [7, 11) is 0. The second-order valence-corrected chi connectivity index (χ2v) is 7.33. The molecule has 29 heavy (non-hydrogen) atoms. The van der Waals surface area contributed by atoms with Gasteiger partial charge in [-0.05, 0) is 55.0 Å². The van der Waals surface area contributed by atoms with Crippen molar-refractivity contribution in [2.24, 2.45) is 0 Å². The monoisotopic (exact) mass is 395 g/mol. The molecule has 1 heterocycles. The van der Waals surface area contributed by atoms with E-state index in [1.807, 2.05) is 12.1 Å². The number of carbonyl (C=O) groups is 2. The van der Waals surface area contributed by atoms with Crippen LogP contribution in [0.2, 0.25) is 0 Å². The third-order valence-electron chi connectivity index (χ3n) is 5.29. The first-order valence-corrected chi connectivity index (χ1v) is 10.1. The summed E-state index contributed by atoms with van der Waals surface area (Å²) in [5.74, 6) is 1.89. The molecular weight excluding hydrogens is 370 g/mol. The highest BCUT2D eigenvalue weighted by atomic mass is 16.7. The number of fused-ring (bicyclic) bond motifs is 2. The van der Waals surface area contributed by atoms with E-state index >= 15 is 0 Å². The number of ketones is 1. The van der Waals surface area contributed by atoms with E-state index in [2.05, 4.69) is 11.4 Å². The second-order valence-electron chi connectivity index (χ2n) is 7.33. The fraction of sp³-hybridized carbons (Fsp3) is 0.391. The molecule has 152 valence electrons. The quantitative estimate of drug-likeness (QED) is 0.547. The van der Waals surface area contributed by atoms with Gasteiger partial charge >= 0.3 is 0 Å². The standard InChI is InChI=1S/C23H25NO5/c25-20(18-6-5-16-3-1-2-4-17(16)13-18)8-10-23(26)24-11-12-27-19-7-9-21-22(14-19)29-15-28-21/h5-7,9,13-14H,1-4,8,10-12,15H2,(H,24,26). The van der Waals surface area contributed by atoms with E-state index in [1.165, 1.54) is 24.0 Å². The first kappa shape index (κ1) is 19.3. The lowest BCUT2D eigenvalue weighted by molar-refractivity contribution is -0.121. The Bertz CT molecular complexity index is 908. The Morgan fingerprint density at radius 3 is 2.66 bits per heavy atom. The minimum atomic E-state index is -0.148. The summed E-state index contributed by atoms with van der Waals surface area (Å²) in [5, 5.41) is 2.79. The van der Waals surface area contributed by atoms with Crippen molar-refractivity contribution >= 4 is 11.7 Å². The first-order chi connectivity index (χ1) is 14.2. The van der Waals surface area contributed by atoms with Gasteiger partial charge < -0.3 is 19.5 Å². The molecule has 2 aliphatic rings. The zero-order valence-corrected chi connectivity index (χ0v) is 16.4. The van der Waals surface area contributed by atoms with Crippen molar-refractivity contribution in [3.8, 4) is 17.2 Å². The van der Waals surface area contributed by atoms with E-state index in [0.717, 1.165) is 12.8 Å². The number of carbonyl (C=O) groups excluding carboxylic acids is 2. The highest BCUT2D eigenvalue weighted by Gasteiger charge is 2.15. The number of amides is 1. The minimum Gasteiger partial charge on any atom is -0.492 e. The van der Waals surface area contributed by atoms with Crippen molar-refractivity contribution < 1.29 is 23.8 Å². The van der Waals surface area contributed by atoms with Gasteiger partial charge in [-0.15, -0.1) is 0 Å². The average molecular weight is 395 g/mol. The van der Waals surface area contributed by atoms with Gasteiger partial charge in [0.2, 0.25) is 12.7 Å². The molecule has 2 aromatic carbocycles. The first-order valence-electron chi connectivity index (χ1n) is 10.1. The summed E-state index contributed by atoms with van der Waals surface area (Å²) in [6.45, 7) is 0.934. The van der Waals surface area contributed by atoms with E-state index in [0.29, 0.717) is 36.0 Å². The third-order valence-corrected chi connectivity index (χ3v) is 5.29. The maximum atomic E-state index is 12.4. The maximum Gasteiger partial charge on any atom is 0.231 e.